The zero-order valence-electron chi connectivity index (χ0n) is 12.1. The molecule has 2 aromatic carbocycles. The van der Waals surface area contributed by atoms with E-state index in [1.165, 1.54) is 0 Å². The number of aliphatic imine (C=N–C) groups is 1. The molecule has 0 aliphatic heterocycles. The van der Waals surface area contributed by atoms with E-state index in [9.17, 15) is 0 Å². The fourth-order valence-electron chi connectivity index (χ4n) is 2.71. The lowest BCUT2D eigenvalue weighted by Crippen LogP contribution is -2.02. The maximum Gasteiger partial charge on any atom is 0.263 e. The van der Waals surface area contributed by atoms with Crippen LogP contribution in [0.15, 0.2) is 59.6 Å². The van der Waals surface area contributed by atoms with Crippen LogP contribution in [0.2, 0.25) is 0 Å². The van der Waals surface area contributed by atoms with Crippen LogP contribution >= 0.6 is 11.5 Å². The molecule has 1 aliphatic carbocycles. The summed E-state index contributed by atoms with van der Waals surface area (Å²) in [5.41, 5.74) is 17.4. The lowest BCUT2D eigenvalue weighted by Gasteiger charge is -2.06. The second kappa shape index (κ2) is 5.33. The number of hydrogen-bond donors (Lipinski definition) is 2. The van der Waals surface area contributed by atoms with E-state index in [-0.39, 0.29) is 0 Å². The van der Waals surface area contributed by atoms with Crippen molar-refractivity contribution in [1.82, 2.24) is 9.36 Å². The first-order chi connectivity index (χ1) is 11.2. The van der Waals surface area contributed by atoms with E-state index >= 15 is 0 Å². The SMILES string of the molecule is NC1=C(c2ccccc2)C(=Nc2nsc(N)n2)c2ccccc21. The molecule has 23 heavy (non-hydrogen) atoms. The third-order valence-corrected chi connectivity index (χ3v) is 4.22. The van der Waals surface area contributed by atoms with Crippen LogP contribution in [-0.2, 0) is 0 Å². The van der Waals surface area contributed by atoms with Crippen LogP contribution in [0.5, 0.6) is 0 Å². The summed E-state index contributed by atoms with van der Waals surface area (Å²) in [5, 5.41) is 0.397. The van der Waals surface area contributed by atoms with E-state index in [1.807, 2.05) is 54.6 Å². The Morgan fingerprint density at radius 2 is 1.57 bits per heavy atom. The number of nitrogens with zero attached hydrogens (tertiary/aromatic N) is 3. The second-order valence-electron chi connectivity index (χ2n) is 5.09. The Hall–Kier alpha value is -2.99. The number of allylic oxidation sites excluding steroid dienone is 1. The maximum absolute atomic E-state index is 6.41. The fraction of sp³-hybridized carbons (Fsp3) is 0. The van der Waals surface area contributed by atoms with Gasteiger partial charge in [-0.05, 0) is 5.56 Å². The number of anilines is 1. The predicted octanol–water partition coefficient (Wildman–Crippen LogP) is 3.08. The second-order valence-corrected chi connectivity index (χ2v) is 5.88. The molecule has 0 atom stereocenters. The minimum absolute atomic E-state index is 0.362. The van der Waals surface area contributed by atoms with Gasteiger partial charge < -0.3 is 11.5 Å². The minimum atomic E-state index is 0.362. The molecular formula is C17H13N5S. The number of fused-ring (bicyclic) bond motifs is 1. The summed E-state index contributed by atoms with van der Waals surface area (Å²) in [6, 6.07) is 17.9. The molecule has 3 aromatic rings. The van der Waals surface area contributed by atoms with E-state index in [2.05, 4.69) is 14.3 Å². The van der Waals surface area contributed by atoms with E-state index < -0.39 is 0 Å². The average Bonchev–Trinajstić information content (AvgIpc) is 3.11. The summed E-state index contributed by atoms with van der Waals surface area (Å²) in [6.07, 6.45) is 0. The first-order valence-corrected chi connectivity index (χ1v) is 7.84. The highest BCUT2D eigenvalue weighted by atomic mass is 32.1. The van der Waals surface area contributed by atoms with E-state index in [0.29, 0.717) is 16.8 Å². The van der Waals surface area contributed by atoms with E-state index in [0.717, 1.165) is 39.5 Å². The summed E-state index contributed by atoms with van der Waals surface area (Å²) in [7, 11) is 0. The van der Waals surface area contributed by atoms with Crippen molar-refractivity contribution in [2.45, 2.75) is 0 Å². The number of hydrogen-bond acceptors (Lipinski definition) is 6. The highest BCUT2D eigenvalue weighted by Crippen LogP contribution is 2.37. The molecule has 4 rings (SSSR count). The molecule has 0 saturated heterocycles. The molecule has 1 aromatic heterocycles. The molecule has 0 spiro atoms. The first kappa shape index (κ1) is 13.7. The van der Waals surface area contributed by atoms with Crippen molar-refractivity contribution in [3.8, 4) is 0 Å². The smallest absolute Gasteiger partial charge is 0.263 e. The molecule has 0 radical (unpaired) electrons. The van der Waals surface area contributed by atoms with Gasteiger partial charge in [0.15, 0.2) is 0 Å². The normalized spacial score (nSPS) is 15.2. The maximum atomic E-state index is 6.41. The van der Waals surface area contributed by atoms with Crippen molar-refractivity contribution in [3.05, 3.63) is 71.3 Å². The minimum Gasteiger partial charge on any atom is -0.398 e. The lowest BCUT2D eigenvalue weighted by atomic mass is 10.0. The molecule has 0 amide bonds. The molecular weight excluding hydrogens is 306 g/mol. The largest absolute Gasteiger partial charge is 0.398 e. The molecule has 4 N–H and O–H groups in total. The quantitative estimate of drug-likeness (QED) is 0.759. The van der Waals surface area contributed by atoms with Crippen molar-refractivity contribution in [3.63, 3.8) is 0 Å². The molecule has 0 saturated carbocycles. The van der Waals surface area contributed by atoms with Gasteiger partial charge in [-0.2, -0.15) is 4.98 Å². The molecule has 1 aliphatic rings. The fourth-order valence-corrected chi connectivity index (χ4v) is 3.09. The highest BCUT2D eigenvalue weighted by molar-refractivity contribution is 7.09. The third-order valence-electron chi connectivity index (χ3n) is 3.68. The third kappa shape index (κ3) is 2.29. The van der Waals surface area contributed by atoms with Gasteiger partial charge in [0.05, 0.1) is 5.71 Å². The van der Waals surface area contributed by atoms with Crippen LogP contribution in [0.4, 0.5) is 11.1 Å². The summed E-state index contributed by atoms with van der Waals surface area (Å²) in [4.78, 5) is 8.75. The Kier molecular flexibility index (Phi) is 3.17. The lowest BCUT2D eigenvalue weighted by molar-refractivity contribution is 1.26. The zero-order chi connectivity index (χ0) is 15.8. The standard InChI is InChI=1S/C17H13N5S/c18-14-11-8-4-5-9-12(11)15(20-17-21-16(19)23-22-17)13(14)10-6-2-1-3-7-10/h1-9H,18H2,(H2,19,21,22). The van der Waals surface area contributed by atoms with E-state index in [4.69, 9.17) is 11.5 Å². The predicted molar refractivity (Wildman–Crippen MR) is 94.4 cm³/mol. The van der Waals surface area contributed by atoms with Crippen molar-refractivity contribution in [1.29, 1.82) is 0 Å². The van der Waals surface area contributed by atoms with Gasteiger partial charge in [-0.25, -0.2) is 4.99 Å². The highest BCUT2D eigenvalue weighted by Gasteiger charge is 2.27. The number of aromatic nitrogens is 2. The first-order valence-electron chi connectivity index (χ1n) is 7.07. The molecule has 112 valence electrons. The van der Waals surface area contributed by atoms with Crippen molar-refractivity contribution >= 4 is 39.6 Å². The Morgan fingerprint density at radius 1 is 0.870 bits per heavy atom. The zero-order valence-corrected chi connectivity index (χ0v) is 12.9. The Labute approximate surface area is 137 Å². The Bertz CT molecular complexity index is 940. The molecule has 0 unspecified atom stereocenters. The summed E-state index contributed by atoms with van der Waals surface area (Å²) in [6.45, 7) is 0. The molecule has 5 nitrogen and oxygen atoms in total. The summed E-state index contributed by atoms with van der Waals surface area (Å²) < 4.78 is 4.16. The van der Waals surface area contributed by atoms with Crippen LogP contribution in [-0.4, -0.2) is 15.1 Å². The number of rotatable bonds is 2. The van der Waals surface area contributed by atoms with Gasteiger partial charge in [0.25, 0.3) is 5.95 Å². The van der Waals surface area contributed by atoms with Crippen LogP contribution in [0.3, 0.4) is 0 Å². The number of benzene rings is 2. The topological polar surface area (TPSA) is 90.2 Å². The summed E-state index contributed by atoms with van der Waals surface area (Å²) >= 11 is 1.13. The molecule has 0 bridgehead atoms. The Morgan fingerprint density at radius 3 is 2.26 bits per heavy atom. The van der Waals surface area contributed by atoms with Crippen molar-refractivity contribution in [2.24, 2.45) is 10.7 Å². The van der Waals surface area contributed by atoms with Crippen LogP contribution in [0.25, 0.3) is 11.3 Å². The Balaban J connectivity index is 1.95. The average molecular weight is 319 g/mol. The molecule has 0 fully saturated rings. The summed E-state index contributed by atoms with van der Waals surface area (Å²) in [5.74, 6) is 0.362. The van der Waals surface area contributed by atoms with Gasteiger partial charge >= 0.3 is 0 Å². The van der Waals surface area contributed by atoms with Gasteiger partial charge in [-0.15, -0.1) is 4.37 Å². The van der Waals surface area contributed by atoms with E-state index in [1.54, 1.807) is 0 Å². The van der Waals surface area contributed by atoms with Gasteiger partial charge in [-0.1, -0.05) is 54.6 Å². The molecule has 6 heteroatoms. The van der Waals surface area contributed by atoms with Gasteiger partial charge in [0, 0.05) is 33.9 Å². The molecule has 1 heterocycles. The van der Waals surface area contributed by atoms with Crippen LogP contribution in [0.1, 0.15) is 16.7 Å². The monoisotopic (exact) mass is 319 g/mol. The number of nitrogens with two attached hydrogens (primary N) is 2. The number of nitrogen functional groups attached to an aromatic ring is 1. The van der Waals surface area contributed by atoms with Crippen molar-refractivity contribution in [2.75, 3.05) is 5.73 Å². The van der Waals surface area contributed by atoms with Gasteiger partial charge in [0.2, 0.25) is 5.13 Å². The van der Waals surface area contributed by atoms with Gasteiger partial charge in [-0.3, -0.25) is 0 Å². The van der Waals surface area contributed by atoms with Crippen LogP contribution < -0.4 is 11.5 Å². The van der Waals surface area contributed by atoms with Crippen LogP contribution in [0, 0.1) is 0 Å². The van der Waals surface area contributed by atoms with Gasteiger partial charge in [0.1, 0.15) is 0 Å². The van der Waals surface area contributed by atoms with Crippen molar-refractivity contribution < 1.29 is 0 Å².